The molecule has 3 saturated carbocycles. The summed E-state index contributed by atoms with van der Waals surface area (Å²) < 4.78 is 19.4. The van der Waals surface area contributed by atoms with Crippen molar-refractivity contribution in [2.24, 2.45) is 13.0 Å². The predicted octanol–water partition coefficient (Wildman–Crippen LogP) is 2.78. The standard InChI is InChI=1S/C22H27N5O2S/c1-21(2,3)30(29)24-19(18-13-27(25-23-18)22-10-14(11-22)12-22)16-6-5-7-17-15(16)8-9-26(4)20(17)28/h5-9,13-14,19,24H,10-12H2,1-4H3/t14?,19-,22?,30?/m1/s1. The molecular formula is C22H27N5O2S. The van der Waals surface area contributed by atoms with E-state index in [1.54, 1.807) is 17.8 Å². The predicted molar refractivity (Wildman–Crippen MR) is 117 cm³/mol. The van der Waals surface area contributed by atoms with Gasteiger partial charge in [0.1, 0.15) is 5.69 Å². The van der Waals surface area contributed by atoms with Gasteiger partial charge >= 0.3 is 0 Å². The number of nitrogens with one attached hydrogen (secondary N) is 1. The van der Waals surface area contributed by atoms with E-state index in [0.29, 0.717) is 5.39 Å². The molecular weight excluding hydrogens is 398 g/mol. The maximum absolute atomic E-state index is 13.0. The third kappa shape index (κ3) is 2.96. The van der Waals surface area contributed by atoms with Crippen molar-refractivity contribution >= 4 is 21.8 Å². The van der Waals surface area contributed by atoms with Crippen molar-refractivity contribution in [1.29, 1.82) is 0 Å². The minimum absolute atomic E-state index is 0.0532. The summed E-state index contributed by atoms with van der Waals surface area (Å²) >= 11 is 0. The van der Waals surface area contributed by atoms with Crippen LogP contribution in [0.5, 0.6) is 0 Å². The minimum atomic E-state index is -1.32. The Balaban J connectivity index is 1.62. The Morgan fingerprint density at radius 1 is 1.20 bits per heavy atom. The van der Waals surface area contributed by atoms with Crippen LogP contribution >= 0.6 is 0 Å². The molecule has 158 valence electrons. The highest BCUT2D eigenvalue weighted by Crippen LogP contribution is 2.61. The number of rotatable bonds is 5. The molecule has 1 N–H and O–H groups in total. The first kappa shape index (κ1) is 19.6. The van der Waals surface area contributed by atoms with Gasteiger partial charge in [-0.1, -0.05) is 17.3 Å². The first-order chi connectivity index (χ1) is 14.2. The van der Waals surface area contributed by atoms with Gasteiger partial charge in [-0.3, -0.25) is 4.79 Å². The normalized spacial score (nSPS) is 24.9. The smallest absolute Gasteiger partial charge is 0.258 e. The third-order valence-electron chi connectivity index (χ3n) is 6.55. The van der Waals surface area contributed by atoms with Crippen molar-refractivity contribution in [3.05, 3.63) is 58.3 Å². The van der Waals surface area contributed by atoms with Gasteiger partial charge in [0.2, 0.25) is 0 Å². The maximum atomic E-state index is 13.0. The second-order valence-electron chi connectivity index (χ2n) is 9.76. The number of aromatic nitrogens is 4. The second-order valence-corrected chi connectivity index (χ2v) is 11.8. The zero-order chi connectivity index (χ0) is 21.3. The maximum Gasteiger partial charge on any atom is 0.258 e. The third-order valence-corrected chi connectivity index (χ3v) is 8.11. The summed E-state index contributed by atoms with van der Waals surface area (Å²) in [7, 11) is 0.423. The largest absolute Gasteiger partial charge is 0.318 e. The zero-order valence-electron chi connectivity index (χ0n) is 17.8. The lowest BCUT2D eigenvalue weighted by atomic mass is 9.50. The molecule has 1 aromatic carbocycles. The van der Waals surface area contributed by atoms with Gasteiger partial charge in [-0.25, -0.2) is 13.6 Å². The Labute approximate surface area is 178 Å². The molecule has 8 heteroatoms. The van der Waals surface area contributed by atoms with Crippen molar-refractivity contribution in [2.45, 2.75) is 56.4 Å². The number of nitrogens with zero attached hydrogens (tertiary/aromatic N) is 4. The molecule has 30 heavy (non-hydrogen) atoms. The van der Waals surface area contributed by atoms with Crippen LogP contribution in [0.15, 0.2) is 41.5 Å². The van der Waals surface area contributed by atoms with Crippen molar-refractivity contribution in [1.82, 2.24) is 24.3 Å². The molecule has 0 aliphatic heterocycles. The molecule has 2 atom stereocenters. The Hall–Kier alpha value is -2.32. The van der Waals surface area contributed by atoms with Crippen LogP contribution in [0.25, 0.3) is 10.8 Å². The van der Waals surface area contributed by atoms with Crippen LogP contribution in [-0.2, 0) is 23.6 Å². The highest BCUT2D eigenvalue weighted by Gasteiger charge is 2.58. The molecule has 0 saturated heterocycles. The molecule has 0 spiro atoms. The van der Waals surface area contributed by atoms with Crippen LogP contribution in [0.3, 0.4) is 0 Å². The van der Waals surface area contributed by atoms with Gasteiger partial charge in [-0.15, -0.1) is 5.10 Å². The highest BCUT2D eigenvalue weighted by atomic mass is 32.2. The first-order valence-corrected chi connectivity index (χ1v) is 11.5. The van der Waals surface area contributed by atoms with E-state index in [4.69, 9.17) is 0 Å². The Morgan fingerprint density at radius 3 is 2.57 bits per heavy atom. The molecule has 7 nitrogen and oxygen atoms in total. The molecule has 1 unspecified atom stereocenters. The Bertz CT molecular complexity index is 1210. The minimum Gasteiger partial charge on any atom is -0.318 e. The summed E-state index contributed by atoms with van der Waals surface area (Å²) in [4.78, 5) is 12.7. The van der Waals surface area contributed by atoms with Crippen LogP contribution in [0.1, 0.15) is 57.3 Å². The average Bonchev–Trinajstić information content (AvgIpc) is 3.08. The zero-order valence-corrected chi connectivity index (χ0v) is 18.6. The number of hydrogen-bond donors (Lipinski definition) is 1. The molecule has 0 radical (unpaired) electrons. The molecule has 6 rings (SSSR count). The lowest BCUT2D eigenvalue weighted by Crippen LogP contribution is -2.59. The molecule has 2 aromatic heterocycles. The van der Waals surface area contributed by atoms with Crippen molar-refractivity contribution < 1.29 is 4.21 Å². The SMILES string of the molecule is Cn1ccc2c([C@@H](NS(=O)C(C)(C)C)c3cn(C45CC(C4)C5)nn3)cccc2c1=O. The van der Waals surface area contributed by atoms with E-state index >= 15 is 0 Å². The Morgan fingerprint density at radius 2 is 1.93 bits per heavy atom. The monoisotopic (exact) mass is 425 g/mol. The van der Waals surface area contributed by atoms with E-state index in [1.165, 1.54) is 19.3 Å². The summed E-state index contributed by atoms with van der Waals surface area (Å²) in [6, 6.07) is 7.18. The van der Waals surface area contributed by atoms with E-state index in [2.05, 4.69) is 15.0 Å². The van der Waals surface area contributed by atoms with Crippen LogP contribution < -0.4 is 10.3 Å². The van der Waals surface area contributed by atoms with Crippen LogP contribution in [0, 0.1) is 5.92 Å². The fourth-order valence-corrected chi connectivity index (χ4v) is 5.39. The molecule has 3 aromatic rings. The molecule has 3 aliphatic carbocycles. The van der Waals surface area contributed by atoms with E-state index < -0.39 is 21.8 Å². The fraction of sp³-hybridized carbons (Fsp3) is 0.500. The quantitative estimate of drug-likeness (QED) is 0.682. The van der Waals surface area contributed by atoms with Gasteiger partial charge in [0.15, 0.2) is 0 Å². The first-order valence-electron chi connectivity index (χ1n) is 10.4. The average molecular weight is 426 g/mol. The molecule has 2 bridgehead atoms. The topological polar surface area (TPSA) is 81.8 Å². The van der Waals surface area contributed by atoms with Gasteiger partial charge in [0.05, 0.1) is 33.5 Å². The molecule has 2 heterocycles. The van der Waals surface area contributed by atoms with E-state index in [-0.39, 0.29) is 11.1 Å². The number of hydrogen-bond acceptors (Lipinski definition) is 4. The van der Waals surface area contributed by atoms with E-state index in [9.17, 15) is 9.00 Å². The van der Waals surface area contributed by atoms with Crippen molar-refractivity contribution in [3.8, 4) is 0 Å². The molecule has 3 aliphatic rings. The summed E-state index contributed by atoms with van der Waals surface area (Å²) in [5, 5.41) is 10.4. The van der Waals surface area contributed by atoms with E-state index in [0.717, 1.165) is 22.6 Å². The van der Waals surface area contributed by atoms with Gasteiger partial charge in [-0.05, 0) is 69.0 Å². The van der Waals surface area contributed by atoms with Gasteiger partial charge in [0, 0.05) is 18.6 Å². The fourth-order valence-electron chi connectivity index (χ4n) is 4.57. The molecule has 3 fully saturated rings. The molecule has 0 amide bonds. The number of pyridine rings is 1. The number of benzene rings is 1. The van der Waals surface area contributed by atoms with E-state index in [1.807, 2.05) is 55.9 Å². The van der Waals surface area contributed by atoms with Crippen LogP contribution in [0.4, 0.5) is 0 Å². The summed E-state index contributed by atoms with van der Waals surface area (Å²) in [5.41, 5.74) is 1.69. The van der Waals surface area contributed by atoms with Gasteiger partial charge in [-0.2, -0.15) is 0 Å². The van der Waals surface area contributed by atoms with Gasteiger partial charge < -0.3 is 4.57 Å². The number of aryl methyl sites for hydroxylation is 1. The van der Waals surface area contributed by atoms with Gasteiger partial charge in [0.25, 0.3) is 5.56 Å². The summed E-state index contributed by atoms with van der Waals surface area (Å²) in [6.45, 7) is 5.81. The lowest BCUT2D eigenvalue weighted by Gasteiger charge is -2.61. The lowest BCUT2D eigenvalue weighted by molar-refractivity contribution is -0.0989. The van der Waals surface area contributed by atoms with Crippen molar-refractivity contribution in [2.75, 3.05) is 0 Å². The second kappa shape index (κ2) is 6.59. The van der Waals surface area contributed by atoms with Crippen LogP contribution in [-0.4, -0.2) is 28.5 Å². The summed E-state index contributed by atoms with van der Waals surface area (Å²) in [6.07, 6.45) is 7.28. The van der Waals surface area contributed by atoms with Crippen LogP contribution in [0.2, 0.25) is 0 Å². The van der Waals surface area contributed by atoms with Crippen molar-refractivity contribution in [3.63, 3.8) is 0 Å². The number of fused-ring (bicyclic) bond motifs is 1. The highest BCUT2D eigenvalue weighted by molar-refractivity contribution is 7.84. The Kier molecular flexibility index (Phi) is 4.31. The summed E-state index contributed by atoms with van der Waals surface area (Å²) in [5.74, 6) is 0.842.